The van der Waals surface area contributed by atoms with Crippen LogP contribution in [0.2, 0.25) is 10.0 Å². The highest BCUT2D eigenvalue weighted by Crippen LogP contribution is 2.35. The Morgan fingerprint density at radius 1 is 1.38 bits per heavy atom. The van der Waals surface area contributed by atoms with Crippen molar-refractivity contribution in [3.05, 3.63) is 38.0 Å². The van der Waals surface area contributed by atoms with Crippen LogP contribution in [0.25, 0.3) is 0 Å². The first kappa shape index (κ1) is 16.6. The Morgan fingerprint density at radius 3 is 2.48 bits per heavy atom. The highest BCUT2D eigenvalue weighted by atomic mass is 79.9. The van der Waals surface area contributed by atoms with Crippen LogP contribution in [0.4, 0.5) is 5.69 Å². The maximum absolute atomic E-state index is 12.4. The van der Waals surface area contributed by atoms with Crippen molar-refractivity contribution >= 4 is 54.8 Å². The van der Waals surface area contributed by atoms with Gasteiger partial charge in [-0.3, -0.25) is 9.82 Å². The zero-order valence-corrected chi connectivity index (χ0v) is 14.5. The van der Waals surface area contributed by atoms with Gasteiger partial charge < -0.3 is 5.11 Å². The maximum Gasteiger partial charge on any atom is 0.265 e. The van der Waals surface area contributed by atoms with Crippen molar-refractivity contribution in [3.63, 3.8) is 0 Å². The summed E-state index contributed by atoms with van der Waals surface area (Å²) in [5.74, 6) is 0. The van der Waals surface area contributed by atoms with E-state index in [2.05, 4.69) is 30.8 Å². The Morgan fingerprint density at radius 2 is 1.95 bits per heavy atom. The monoisotopic (exact) mass is 413 g/mol. The van der Waals surface area contributed by atoms with Gasteiger partial charge in [-0.1, -0.05) is 39.1 Å². The van der Waals surface area contributed by atoms with Crippen molar-refractivity contribution in [2.75, 3.05) is 4.72 Å². The summed E-state index contributed by atoms with van der Waals surface area (Å²) in [6, 6.07) is 3.03. The van der Waals surface area contributed by atoms with E-state index in [1.54, 1.807) is 0 Å². The predicted octanol–water partition coefficient (Wildman–Crippen LogP) is 3.08. The molecule has 21 heavy (non-hydrogen) atoms. The summed E-state index contributed by atoms with van der Waals surface area (Å²) in [4.78, 5) is -0.125. The minimum atomic E-state index is -3.99. The molecular weight excluding hydrogens is 405 g/mol. The number of anilines is 1. The van der Waals surface area contributed by atoms with Gasteiger partial charge in [-0.2, -0.15) is 5.10 Å². The number of aromatic amines is 1. The van der Waals surface area contributed by atoms with Gasteiger partial charge in [0.2, 0.25) is 0 Å². The molecule has 1 aromatic carbocycles. The second-order valence-electron chi connectivity index (χ2n) is 4.13. The van der Waals surface area contributed by atoms with E-state index < -0.39 is 16.6 Å². The van der Waals surface area contributed by atoms with Crippen molar-refractivity contribution in [1.29, 1.82) is 0 Å². The second kappa shape index (κ2) is 6.13. The third kappa shape index (κ3) is 3.35. The van der Waals surface area contributed by atoms with Gasteiger partial charge in [-0.05, 0) is 19.1 Å². The molecule has 0 unspecified atom stereocenters. The van der Waals surface area contributed by atoms with E-state index in [1.165, 1.54) is 19.1 Å². The number of benzene rings is 1. The SMILES string of the molecule is Cc1[nH]nc(CO)c1S(=O)(=O)Nc1c(Cl)cc(Br)cc1Cl. The molecule has 0 saturated carbocycles. The van der Waals surface area contributed by atoms with E-state index in [9.17, 15) is 13.5 Å². The minimum Gasteiger partial charge on any atom is -0.390 e. The van der Waals surface area contributed by atoms with Crippen LogP contribution in [0.5, 0.6) is 0 Å². The van der Waals surface area contributed by atoms with Crippen LogP contribution in [0, 0.1) is 6.92 Å². The number of nitrogens with one attached hydrogen (secondary N) is 2. The number of H-pyrrole nitrogens is 1. The molecule has 114 valence electrons. The number of rotatable bonds is 4. The molecule has 0 spiro atoms. The molecule has 0 fully saturated rings. The van der Waals surface area contributed by atoms with Crippen molar-refractivity contribution in [2.24, 2.45) is 0 Å². The lowest BCUT2D eigenvalue weighted by molar-refractivity contribution is 0.273. The Labute approximate surface area is 139 Å². The molecular formula is C11H10BrCl2N3O3S. The molecule has 0 aliphatic rings. The molecule has 2 rings (SSSR count). The molecule has 0 saturated heterocycles. The molecule has 0 radical (unpaired) electrons. The first-order chi connectivity index (χ1) is 9.76. The quantitative estimate of drug-likeness (QED) is 0.716. The van der Waals surface area contributed by atoms with Crippen LogP contribution >= 0.6 is 39.1 Å². The Bertz CT molecular complexity index is 769. The van der Waals surface area contributed by atoms with Crippen LogP contribution in [-0.2, 0) is 16.6 Å². The van der Waals surface area contributed by atoms with Crippen molar-refractivity contribution < 1.29 is 13.5 Å². The Balaban J connectivity index is 2.50. The third-order valence-corrected chi connectivity index (χ3v) is 5.23. The van der Waals surface area contributed by atoms with Gasteiger partial charge in [0.05, 0.1) is 28.0 Å². The highest BCUT2D eigenvalue weighted by Gasteiger charge is 2.25. The molecule has 0 atom stereocenters. The molecule has 2 aromatic rings. The number of hydrogen-bond donors (Lipinski definition) is 3. The summed E-state index contributed by atoms with van der Waals surface area (Å²) < 4.78 is 27.8. The molecule has 6 nitrogen and oxygen atoms in total. The number of hydrogen-bond acceptors (Lipinski definition) is 4. The number of sulfonamides is 1. The zero-order valence-electron chi connectivity index (χ0n) is 10.6. The van der Waals surface area contributed by atoms with Gasteiger partial charge in [-0.25, -0.2) is 8.42 Å². The van der Waals surface area contributed by atoms with Crippen molar-refractivity contribution in [2.45, 2.75) is 18.4 Å². The maximum atomic E-state index is 12.4. The molecule has 1 heterocycles. The molecule has 3 N–H and O–H groups in total. The molecule has 0 aliphatic heterocycles. The molecule has 0 aliphatic carbocycles. The lowest BCUT2D eigenvalue weighted by atomic mass is 10.3. The van der Waals surface area contributed by atoms with Crippen LogP contribution in [0.15, 0.2) is 21.5 Å². The first-order valence-electron chi connectivity index (χ1n) is 5.58. The van der Waals surface area contributed by atoms with Gasteiger partial charge in [0, 0.05) is 4.47 Å². The van der Waals surface area contributed by atoms with E-state index in [1.807, 2.05) is 0 Å². The van der Waals surface area contributed by atoms with E-state index >= 15 is 0 Å². The number of halogens is 3. The summed E-state index contributed by atoms with van der Waals surface area (Å²) in [6.45, 7) is 1.02. The summed E-state index contributed by atoms with van der Waals surface area (Å²) in [5, 5.41) is 15.7. The topological polar surface area (TPSA) is 95.1 Å². The minimum absolute atomic E-state index is 0.0179. The Kier molecular flexibility index (Phi) is 4.84. The van der Waals surface area contributed by atoms with Crippen LogP contribution in [0.1, 0.15) is 11.4 Å². The Hall–Kier alpha value is -0.800. The second-order valence-corrected chi connectivity index (χ2v) is 7.48. The van der Waals surface area contributed by atoms with Gasteiger partial charge >= 0.3 is 0 Å². The fourth-order valence-corrected chi connectivity index (χ4v) is 4.63. The zero-order chi connectivity index (χ0) is 15.8. The third-order valence-electron chi connectivity index (χ3n) is 2.62. The average molecular weight is 415 g/mol. The van der Waals surface area contributed by atoms with Gasteiger partial charge in [0.1, 0.15) is 10.6 Å². The van der Waals surface area contributed by atoms with Crippen LogP contribution < -0.4 is 4.72 Å². The van der Waals surface area contributed by atoms with Gasteiger partial charge in [0.25, 0.3) is 10.0 Å². The van der Waals surface area contributed by atoms with E-state index in [0.717, 1.165) is 0 Å². The smallest absolute Gasteiger partial charge is 0.265 e. The molecule has 0 amide bonds. The molecule has 0 bridgehead atoms. The largest absolute Gasteiger partial charge is 0.390 e. The fraction of sp³-hybridized carbons (Fsp3) is 0.182. The fourth-order valence-electron chi connectivity index (χ4n) is 1.76. The standard InChI is InChI=1S/C11H10BrCl2N3O3S/c1-5-11(9(4-18)16-15-5)21(19,20)17-10-7(13)2-6(12)3-8(10)14/h2-3,17-18H,4H2,1H3,(H,15,16). The van der Waals surface area contributed by atoms with Gasteiger partial charge in [0.15, 0.2) is 0 Å². The van der Waals surface area contributed by atoms with Crippen molar-refractivity contribution in [1.82, 2.24) is 10.2 Å². The molecule has 10 heteroatoms. The number of aromatic nitrogens is 2. The number of aryl methyl sites for hydroxylation is 1. The number of aliphatic hydroxyl groups excluding tert-OH is 1. The van der Waals surface area contributed by atoms with Crippen LogP contribution in [0.3, 0.4) is 0 Å². The first-order valence-corrected chi connectivity index (χ1v) is 8.61. The lowest BCUT2D eigenvalue weighted by Crippen LogP contribution is -2.16. The summed E-state index contributed by atoms with van der Waals surface area (Å²) >= 11 is 15.2. The predicted molar refractivity (Wildman–Crippen MR) is 84.2 cm³/mol. The summed E-state index contributed by atoms with van der Waals surface area (Å²) in [5.41, 5.74) is 0.381. The highest BCUT2D eigenvalue weighted by molar-refractivity contribution is 9.10. The van der Waals surface area contributed by atoms with Crippen LogP contribution in [-0.4, -0.2) is 23.7 Å². The van der Waals surface area contributed by atoms with E-state index in [-0.39, 0.29) is 26.3 Å². The van der Waals surface area contributed by atoms with Crippen molar-refractivity contribution in [3.8, 4) is 0 Å². The number of nitrogens with zero attached hydrogens (tertiary/aromatic N) is 1. The average Bonchev–Trinajstić information content (AvgIpc) is 2.76. The lowest BCUT2D eigenvalue weighted by Gasteiger charge is -2.12. The van der Waals surface area contributed by atoms with E-state index in [0.29, 0.717) is 10.2 Å². The van der Waals surface area contributed by atoms with Gasteiger partial charge in [-0.15, -0.1) is 0 Å². The summed E-state index contributed by atoms with van der Waals surface area (Å²) in [6.07, 6.45) is 0. The van der Waals surface area contributed by atoms with E-state index in [4.69, 9.17) is 23.2 Å². The molecule has 1 aromatic heterocycles. The normalized spacial score (nSPS) is 11.7. The number of aliphatic hydroxyl groups is 1. The summed E-state index contributed by atoms with van der Waals surface area (Å²) in [7, 11) is -3.99.